The molecule has 1 saturated heterocycles. The first-order chi connectivity index (χ1) is 9.56. The number of amides is 1. The molecule has 2 heterocycles. The Kier molecular flexibility index (Phi) is 3.14. The molecule has 106 valence electrons. The normalized spacial score (nSPS) is 22.2. The fourth-order valence-electron chi connectivity index (χ4n) is 2.47. The van der Waals surface area contributed by atoms with E-state index in [-0.39, 0.29) is 17.1 Å². The average molecular weight is 274 g/mol. The lowest BCUT2D eigenvalue weighted by molar-refractivity contribution is 0.0920. The molecule has 1 aromatic carbocycles. The van der Waals surface area contributed by atoms with Gasteiger partial charge in [-0.3, -0.25) is 4.79 Å². The van der Waals surface area contributed by atoms with Crippen LogP contribution in [0.4, 0.5) is 0 Å². The van der Waals surface area contributed by atoms with Crippen LogP contribution in [0, 0.1) is 5.41 Å². The number of aromatic hydroxyl groups is 1. The number of fused-ring (bicyclic) bond motifs is 1. The summed E-state index contributed by atoms with van der Waals surface area (Å²) in [6, 6.07) is 6.79. The zero-order valence-electron chi connectivity index (χ0n) is 11.4. The number of nitrogens with one attached hydrogen (secondary N) is 2. The molecule has 1 fully saturated rings. The molecule has 0 aliphatic carbocycles. The summed E-state index contributed by atoms with van der Waals surface area (Å²) in [5.74, 6) is 0.0516. The minimum atomic E-state index is -0.131. The Bertz CT molecular complexity index is 642. The first kappa shape index (κ1) is 13.0. The molecular weight excluding hydrogens is 256 g/mol. The van der Waals surface area contributed by atoms with Crippen molar-refractivity contribution in [2.45, 2.75) is 13.3 Å². The number of aromatic amines is 1. The molecule has 0 saturated carbocycles. The predicted octanol–water partition coefficient (Wildman–Crippen LogP) is 2.03. The minimum Gasteiger partial charge on any atom is -0.508 e. The predicted molar refractivity (Wildman–Crippen MR) is 75.8 cm³/mol. The molecule has 1 aliphatic rings. The second-order valence-corrected chi connectivity index (χ2v) is 5.75. The van der Waals surface area contributed by atoms with E-state index >= 15 is 0 Å². The highest BCUT2D eigenvalue weighted by Gasteiger charge is 2.30. The van der Waals surface area contributed by atoms with Gasteiger partial charge in [0, 0.05) is 35.5 Å². The van der Waals surface area contributed by atoms with E-state index in [2.05, 4.69) is 17.2 Å². The summed E-state index contributed by atoms with van der Waals surface area (Å²) in [5, 5.41) is 13.3. The number of phenols is 1. The minimum absolute atomic E-state index is 0.0277. The maximum atomic E-state index is 12.2. The van der Waals surface area contributed by atoms with Crippen LogP contribution in [0.5, 0.6) is 5.75 Å². The average Bonchev–Trinajstić information content (AvgIpc) is 3.02. The smallest absolute Gasteiger partial charge is 0.267 e. The van der Waals surface area contributed by atoms with E-state index in [0.717, 1.165) is 23.9 Å². The molecule has 5 nitrogen and oxygen atoms in total. The molecule has 3 rings (SSSR count). The molecule has 5 heteroatoms. The van der Waals surface area contributed by atoms with E-state index in [9.17, 15) is 9.90 Å². The van der Waals surface area contributed by atoms with Gasteiger partial charge in [-0.25, -0.2) is 0 Å². The molecule has 1 atom stereocenters. The number of rotatable bonds is 3. The lowest BCUT2D eigenvalue weighted by Crippen LogP contribution is -2.36. The van der Waals surface area contributed by atoms with E-state index in [1.807, 2.05) is 0 Å². The van der Waals surface area contributed by atoms with Crippen LogP contribution in [0.2, 0.25) is 0 Å². The molecule has 0 radical (unpaired) electrons. The Hall–Kier alpha value is -2.01. The molecule has 1 unspecified atom stereocenters. The van der Waals surface area contributed by atoms with Crippen molar-refractivity contribution >= 4 is 16.8 Å². The molecule has 1 aromatic heterocycles. The van der Waals surface area contributed by atoms with Gasteiger partial charge in [-0.05, 0) is 24.6 Å². The van der Waals surface area contributed by atoms with Gasteiger partial charge >= 0.3 is 0 Å². The van der Waals surface area contributed by atoms with E-state index in [1.54, 1.807) is 24.3 Å². The van der Waals surface area contributed by atoms with Crippen LogP contribution in [0.1, 0.15) is 23.8 Å². The SMILES string of the molecule is CC1(CNC(=O)c2cc3ccc(O)cc3[nH]2)CCOC1. The van der Waals surface area contributed by atoms with Crippen LogP contribution in [-0.2, 0) is 4.74 Å². The largest absolute Gasteiger partial charge is 0.508 e. The van der Waals surface area contributed by atoms with Gasteiger partial charge in [0.05, 0.1) is 6.61 Å². The molecule has 0 spiro atoms. The highest BCUT2D eigenvalue weighted by atomic mass is 16.5. The Morgan fingerprint density at radius 1 is 1.50 bits per heavy atom. The highest BCUT2D eigenvalue weighted by molar-refractivity contribution is 5.98. The lowest BCUT2D eigenvalue weighted by Gasteiger charge is -2.21. The van der Waals surface area contributed by atoms with E-state index < -0.39 is 0 Å². The maximum absolute atomic E-state index is 12.2. The monoisotopic (exact) mass is 274 g/mol. The van der Waals surface area contributed by atoms with Crippen molar-refractivity contribution in [3.05, 3.63) is 30.0 Å². The van der Waals surface area contributed by atoms with E-state index in [4.69, 9.17) is 4.74 Å². The number of carbonyl (C=O) groups is 1. The summed E-state index contributed by atoms with van der Waals surface area (Å²) in [5.41, 5.74) is 1.29. The molecule has 2 aromatic rings. The first-order valence-electron chi connectivity index (χ1n) is 6.73. The zero-order chi connectivity index (χ0) is 14.2. The van der Waals surface area contributed by atoms with Crippen LogP contribution in [0.15, 0.2) is 24.3 Å². The summed E-state index contributed by atoms with van der Waals surface area (Å²) in [7, 11) is 0. The number of phenolic OH excluding ortho intramolecular Hbond substituents is 1. The van der Waals surface area contributed by atoms with Crippen LogP contribution in [0.25, 0.3) is 10.9 Å². The van der Waals surface area contributed by atoms with Crippen LogP contribution < -0.4 is 5.32 Å². The third-order valence-corrected chi connectivity index (χ3v) is 3.83. The summed E-state index contributed by atoms with van der Waals surface area (Å²) in [6.45, 7) is 4.17. The van der Waals surface area contributed by atoms with Gasteiger partial charge in [-0.15, -0.1) is 0 Å². The van der Waals surface area contributed by atoms with Gasteiger partial charge in [-0.2, -0.15) is 0 Å². The first-order valence-corrected chi connectivity index (χ1v) is 6.73. The summed E-state index contributed by atoms with van der Waals surface area (Å²) in [6.07, 6.45) is 0.966. The number of aromatic nitrogens is 1. The number of benzene rings is 1. The van der Waals surface area contributed by atoms with Crippen molar-refractivity contribution in [1.29, 1.82) is 0 Å². The topological polar surface area (TPSA) is 74.4 Å². The molecular formula is C15H18N2O3. The number of hydrogen-bond acceptors (Lipinski definition) is 3. The molecule has 1 amide bonds. The molecule has 20 heavy (non-hydrogen) atoms. The van der Waals surface area contributed by atoms with Gasteiger partial charge < -0.3 is 20.1 Å². The van der Waals surface area contributed by atoms with Crippen LogP contribution in [-0.4, -0.2) is 35.8 Å². The van der Waals surface area contributed by atoms with Gasteiger partial charge in [-0.1, -0.05) is 6.92 Å². The Labute approximate surface area is 116 Å². The lowest BCUT2D eigenvalue weighted by atomic mass is 9.90. The second-order valence-electron chi connectivity index (χ2n) is 5.75. The van der Waals surface area contributed by atoms with Crippen molar-refractivity contribution in [1.82, 2.24) is 10.3 Å². The van der Waals surface area contributed by atoms with E-state index in [0.29, 0.717) is 18.8 Å². The summed E-state index contributed by atoms with van der Waals surface area (Å²) >= 11 is 0. The van der Waals surface area contributed by atoms with Crippen LogP contribution in [0.3, 0.4) is 0 Å². The Balaban J connectivity index is 1.72. The van der Waals surface area contributed by atoms with Gasteiger partial charge in [0.15, 0.2) is 0 Å². The third-order valence-electron chi connectivity index (χ3n) is 3.83. The number of ether oxygens (including phenoxy) is 1. The van der Waals surface area contributed by atoms with Crippen molar-refractivity contribution in [2.24, 2.45) is 5.41 Å². The maximum Gasteiger partial charge on any atom is 0.267 e. The fourth-order valence-corrected chi connectivity index (χ4v) is 2.47. The highest BCUT2D eigenvalue weighted by Crippen LogP contribution is 2.27. The number of carbonyl (C=O) groups excluding carboxylic acids is 1. The zero-order valence-corrected chi connectivity index (χ0v) is 11.4. The quantitative estimate of drug-likeness (QED) is 0.801. The van der Waals surface area contributed by atoms with Crippen molar-refractivity contribution in [3.63, 3.8) is 0 Å². The van der Waals surface area contributed by atoms with Crippen molar-refractivity contribution < 1.29 is 14.6 Å². The molecule has 1 aliphatic heterocycles. The van der Waals surface area contributed by atoms with E-state index in [1.165, 1.54) is 0 Å². The fraction of sp³-hybridized carbons (Fsp3) is 0.400. The van der Waals surface area contributed by atoms with Crippen molar-refractivity contribution in [2.75, 3.05) is 19.8 Å². The number of hydrogen-bond donors (Lipinski definition) is 3. The van der Waals surface area contributed by atoms with Gasteiger partial charge in [0.25, 0.3) is 5.91 Å². The number of H-pyrrole nitrogens is 1. The van der Waals surface area contributed by atoms with Gasteiger partial charge in [0.1, 0.15) is 11.4 Å². The Morgan fingerprint density at radius 2 is 2.35 bits per heavy atom. The van der Waals surface area contributed by atoms with Gasteiger partial charge in [0.2, 0.25) is 0 Å². The Morgan fingerprint density at radius 3 is 3.10 bits per heavy atom. The summed E-state index contributed by atoms with van der Waals surface area (Å²) < 4.78 is 5.37. The summed E-state index contributed by atoms with van der Waals surface area (Å²) in [4.78, 5) is 15.2. The third kappa shape index (κ3) is 2.49. The molecule has 3 N–H and O–H groups in total. The standard InChI is InChI=1S/C15H18N2O3/c1-15(4-5-20-9-15)8-16-14(19)13-6-10-2-3-11(18)7-12(10)17-13/h2-3,6-7,17-18H,4-5,8-9H2,1H3,(H,16,19). The van der Waals surface area contributed by atoms with Crippen molar-refractivity contribution in [3.8, 4) is 5.75 Å². The second kappa shape index (κ2) is 4.83. The van der Waals surface area contributed by atoms with Crippen LogP contribution >= 0.6 is 0 Å². The molecule has 0 bridgehead atoms.